The third kappa shape index (κ3) is 3.15. The van der Waals surface area contributed by atoms with E-state index in [1.54, 1.807) is 14.2 Å². The van der Waals surface area contributed by atoms with Gasteiger partial charge in [-0.25, -0.2) is 0 Å². The monoisotopic (exact) mass is 446 g/mol. The first-order chi connectivity index (χ1) is 14.9. The van der Waals surface area contributed by atoms with Crippen LogP contribution in [-0.4, -0.2) is 37.5 Å². The van der Waals surface area contributed by atoms with Gasteiger partial charge >= 0.3 is 0 Å². The van der Waals surface area contributed by atoms with Crippen molar-refractivity contribution in [3.8, 4) is 0 Å². The molecule has 4 aliphatic rings. The number of rotatable bonds is 5. The van der Waals surface area contributed by atoms with Crippen LogP contribution >= 0.6 is 0 Å². The zero-order chi connectivity index (χ0) is 23.7. The van der Waals surface area contributed by atoms with Crippen LogP contribution in [0.5, 0.6) is 0 Å². The second-order valence-electron chi connectivity index (χ2n) is 12.8. The van der Waals surface area contributed by atoms with E-state index in [0.717, 1.165) is 38.5 Å². The van der Waals surface area contributed by atoms with E-state index in [1.807, 2.05) is 0 Å². The molecule has 0 heterocycles. The molecule has 4 heteroatoms. The minimum absolute atomic E-state index is 0.0178. The Morgan fingerprint density at radius 1 is 1.03 bits per heavy atom. The number of aliphatic hydroxyl groups is 1. The fourth-order valence-corrected chi connectivity index (χ4v) is 9.39. The predicted octanol–water partition coefficient (Wildman–Crippen LogP) is 5.92. The first-order valence-corrected chi connectivity index (χ1v) is 12.9. The van der Waals surface area contributed by atoms with E-state index in [9.17, 15) is 9.90 Å². The maximum absolute atomic E-state index is 12.8. The Morgan fingerprint density at radius 2 is 1.69 bits per heavy atom. The van der Waals surface area contributed by atoms with E-state index < -0.39 is 0 Å². The molecule has 182 valence electrons. The number of hydrogen-bond acceptors (Lipinski definition) is 4. The Hall–Kier alpha value is -0.710. The molecule has 0 aliphatic heterocycles. The van der Waals surface area contributed by atoms with E-state index in [0.29, 0.717) is 24.0 Å². The van der Waals surface area contributed by atoms with Crippen LogP contribution in [0, 0.1) is 39.4 Å². The normalized spacial score (nSPS) is 44.3. The number of Topliss-reactive ketones (excluding diaryl/α,β-unsaturated/α-hetero) is 1. The molecule has 32 heavy (non-hydrogen) atoms. The van der Waals surface area contributed by atoms with Crippen LogP contribution in [0.3, 0.4) is 0 Å². The molecular formula is C28H46O4. The summed E-state index contributed by atoms with van der Waals surface area (Å²) in [5.74, 6) is 1.42. The van der Waals surface area contributed by atoms with Gasteiger partial charge in [-0.05, 0) is 72.5 Å². The highest BCUT2D eigenvalue weighted by molar-refractivity contribution is 5.85. The van der Waals surface area contributed by atoms with Crippen molar-refractivity contribution >= 4 is 5.78 Å². The molecule has 3 saturated carbocycles. The van der Waals surface area contributed by atoms with Crippen LogP contribution in [0.2, 0.25) is 0 Å². The van der Waals surface area contributed by atoms with Crippen molar-refractivity contribution in [3.05, 3.63) is 11.1 Å². The van der Waals surface area contributed by atoms with Gasteiger partial charge in [0.2, 0.25) is 0 Å². The number of fused-ring (bicyclic) bond motifs is 5. The van der Waals surface area contributed by atoms with Gasteiger partial charge in [-0.15, -0.1) is 0 Å². The number of ketones is 1. The van der Waals surface area contributed by atoms with Crippen molar-refractivity contribution < 1.29 is 19.4 Å². The van der Waals surface area contributed by atoms with Gasteiger partial charge in [0, 0.05) is 32.5 Å². The van der Waals surface area contributed by atoms with Gasteiger partial charge in [0.1, 0.15) is 5.78 Å². The quantitative estimate of drug-likeness (QED) is 0.421. The molecule has 4 aliphatic carbocycles. The Bertz CT molecular complexity index is 795. The van der Waals surface area contributed by atoms with Crippen molar-refractivity contribution in [1.82, 2.24) is 0 Å². The molecule has 3 fully saturated rings. The summed E-state index contributed by atoms with van der Waals surface area (Å²) in [4.78, 5) is 12.8. The highest BCUT2D eigenvalue weighted by Gasteiger charge is 2.69. The molecule has 0 radical (unpaired) electrons. The van der Waals surface area contributed by atoms with E-state index >= 15 is 0 Å². The fourth-order valence-electron chi connectivity index (χ4n) is 9.39. The number of carbonyl (C=O) groups excluding carboxylic acids is 1. The van der Waals surface area contributed by atoms with Crippen molar-refractivity contribution in [3.63, 3.8) is 0 Å². The van der Waals surface area contributed by atoms with E-state index in [2.05, 4.69) is 41.5 Å². The predicted molar refractivity (Wildman–Crippen MR) is 127 cm³/mol. The summed E-state index contributed by atoms with van der Waals surface area (Å²) in [6.45, 7) is 14.0. The van der Waals surface area contributed by atoms with Gasteiger partial charge in [-0.3, -0.25) is 4.79 Å². The van der Waals surface area contributed by atoms with Crippen LogP contribution in [0.4, 0.5) is 0 Å². The summed E-state index contributed by atoms with van der Waals surface area (Å²) in [7, 11) is 3.42. The average Bonchev–Trinajstić information content (AvgIpc) is 3.07. The zero-order valence-corrected chi connectivity index (χ0v) is 21.7. The Morgan fingerprint density at radius 3 is 2.31 bits per heavy atom. The number of methoxy groups -OCH3 is 2. The largest absolute Gasteiger partial charge is 0.392 e. The molecule has 4 rings (SSSR count). The summed E-state index contributed by atoms with van der Waals surface area (Å²) in [5, 5.41) is 11.8. The molecule has 0 aromatic heterocycles. The maximum Gasteiger partial charge on any atom is 0.157 e. The average molecular weight is 447 g/mol. The second-order valence-corrected chi connectivity index (χ2v) is 12.8. The molecular weight excluding hydrogens is 400 g/mol. The summed E-state index contributed by atoms with van der Waals surface area (Å²) < 4.78 is 11.0. The van der Waals surface area contributed by atoms with Crippen LogP contribution in [0.15, 0.2) is 11.1 Å². The van der Waals surface area contributed by atoms with Gasteiger partial charge in [0.25, 0.3) is 0 Å². The number of aliphatic hydroxyl groups excluding tert-OH is 1. The molecule has 0 saturated heterocycles. The van der Waals surface area contributed by atoms with E-state index in [4.69, 9.17) is 9.47 Å². The minimum Gasteiger partial charge on any atom is -0.392 e. The van der Waals surface area contributed by atoms with Gasteiger partial charge in [0.15, 0.2) is 6.29 Å². The van der Waals surface area contributed by atoms with Crippen LogP contribution < -0.4 is 0 Å². The molecule has 0 amide bonds. The van der Waals surface area contributed by atoms with E-state index in [-0.39, 0.29) is 40.0 Å². The molecule has 0 aromatic rings. The van der Waals surface area contributed by atoms with Crippen LogP contribution in [0.1, 0.15) is 92.9 Å². The summed E-state index contributed by atoms with van der Waals surface area (Å²) in [5.41, 5.74) is 2.98. The Kier molecular flexibility index (Phi) is 6.04. The molecule has 7 atom stereocenters. The highest BCUT2D eigenvalue weighted by Crippen LogP contribution is 2.74. The minimum atomic E-state index is -0.333. The van der Waals surface area contributed by atoms with Crippen LogP contribution in [0.25, 0.3) is 0 Å². The summed E-state index contributed by atoms with van der Waals surface area (Å²) in [6.07, 6.45) is 7.21. The molecule has 0 unspecified atom stereocenters. The topological polar surface area (TPSA) is 55.8 Å². The van der Waals surface area contributed by atoms with Crippen molar-refractivity contribution in [1.29, 1.82) is 0 Å². The first kappa shape index (κ1) is 24.4. The highest BCUT2D eigenvalue weighted by atomic mass is 16.7. The fraction of sp³-hybridized carbons (Fsp3) is 0.893. The lowest BCUT2D eigenvalue weighted by atomic mass is 9.36. The van der Waals surface area contributed by atoms with Gasteiger partial charge in [-0.1, -0.05) is 52.7 Å². The number of allylic oxidation sites excluding steroid dienone is 1. The van der Waals surface area contributed by atoms with E-state index in [1.165, 1.54) is 17.6 Å². The third-order valence-electron chi connectivity index (χ3n) is 11.3. The Balaban J connectivity index is 1.73. The first-order valence-electron chi connectivity index (χ1n) is 12.9. The molecule has 0 spiro atoms. The second kappa shape index (κ2) is 7.92. The lowest BCUT2D eigenvalue weighted by Crippen LogP contribution is -2.65. The smallest absolute Gasteiger partial charge is 0.157 e. The molecule has 1 N–H and O–H groups in total. The summed E-state index contributed by atoms with van der Waals surface area (Å²) >= 11 is 0. The standard InChI is InChI=1S/C28H46O4/c1-17(15-23(31-7)32-8)18-9-13-27(5)19(18)16-20(29)24-26(4)12-11-22(30)25(2,3)21(26)10-14-28(24,27)6/h17,20-21,23-24,29H,9-16H2,1-8H3/t17-,20+,21+,24+,26+,27+,28+/m1/s1. The molecule has 0 aromatic carbocycles. The SMILES string of the molecule is COC(C[C@@H](C)C1=C2C[C@H](O)[C@H]3[C@@]4(C)CCC(=O)C(C)(C)[C@@H]4CC[C@]3(C)[C@@]2(C)CC1)OC. The number of hydrogen-bond donors (Lipinski definition) is 1. The maximum atomic E-state index is 12.8. The van der Waals surface area contributed by atoms with Crippen molar-refractivity contribution in [2.75, 3.05) is 14.2 Å². The number of carbonyl (C=O) groups is 1. The lowest BCUT2D eigenvalue weighted by Gasteiger charge is -2.69. The lowest BCUT2D eigenvalue weighted by molar-refractivity contribution is -0.208. The number of ether oxygens (including phenoxy) is 2. The molecule has 4 nitrogen and oxygen atoms in total. The zero-order valence-electron chi connectivity index (χ0n) is 21.7. The van der Waals surface area contributed by atoms with Crippen molar-refractivity contribution in [2.24, 2.45) is 39.4 Å². The van der Waals surface area contributed by atoms with Gasteiger partial charge < -0.3 is 14.6 Å². The Labute approximate surface area is 195 Å². The molecule has 0 bridgehead atoms. The van der Waals surface area contributed by atoms with Gasteiger partial charge in [0.05, 0.1) is 6.10 Å². The van der Waals surface area contributed by atoms with Gasteiger partial charge in [-0.2, -0.15) is 0 Å². The third-order valence-corrected chi connectivity index (χ3v) is 11.3. The summed E-state index contributed by atoms with van der Waals surface area (Å²) in [6, 6.07) is 0. The van der Waals surface area contributed by atoms with Crippen LogP contribution in [-0.2, 0) is 14.3 Å². The van der Waals surface area contributed by atoms with Crippen molar-refractivity contribution in [2.45, 2.75) is 105 Å².